The van der Waals surface area contributed by atoms with Crippen LogP contribution in [0.5, 0.6) is 0 Å². The van der Waals surface area contributed by atoms with Gasteiger partial charge in [-0.15, -0.1) is 0 Å². The van der Waals surface area contributed by atoms with Gasteiger partial charge in [0.2, 0.25) is 0 Å². The van der Waals surface area contributed by atoms with E-state index in [1.807, 2.05) is 30.9 Å². The van der Waals surface area contributed by atoms with Crippen molar-refractivity contribution in [1.29, 1.82) is 0 Å². The molecule has 1 aliphatic rings. The third kappa shape index (κ3) is 6.04. The molecule has 0 spiro atoms. The highest BCUT2D eigenvalue weighted by atomic mass is 15.0. The van der Waals surface area contributed by atoms with Crippen molar-refractivity contribution in [3.63, 3.8) is 0 Å². The van der Waals surface area contributed by atoms with Crippen LogP contribution in [-0.4, -0.2) is 32.6 Å². The number of pyridine rings is 3. The molecule has 0 aliphatic heterocycles. The van der Waals surface area contributed by atoms with Gasteiger partial charge in [0.05, 0.1) is 11.2 Å². The number of hydrogen-bond acceptors (Lipinski definition) is 5. The molecule has 1 aliphatic carbocycles. The Morgan fingerprint density at radius 2 is 1.68 bits per heavy atom. The zero-order chi connectivity index (χ0) is 25.3. The smallest absolute Gasteiger partial charge is 0.0784 e. The Labute approximate surface area is 219 Å². The molecule has 0 bridgehead atoms. The molecule has 1 aromatic carbocycles. The number of benzene rings is 1. The molecule has 6 heteroatoms. The van der Waals surface area contributed by atoms with E-state index in [2.05, 4.69) is 68.4 Å². The molecule has 0 amide bonds. The summed E-state index contributed by atoms with van der Waals surface area (Å²) in [7, 11) is 0. The van der Waals surface area contributed by atoms with E-state index in [1.54, 1.807) is 0 Å². The predicted molar refractivity (Wildman–Crippen MR) is 151 cm³/mol. The maximum absolute atomic E-state index is 5.58. The number of rotatable bonds is 8. The minimum Gasteiger partial charge on any atom is -0.334 e. The fourth-order valence-electron chi connectivity index (χ4n) is 5.17. The highest BCUT2D eigenvalue weighted by Gasteiger charge is 2.15. The molecule has 190 valence electrons. The minimum absolute atomic E-state index is 0.746. The van der Waals surface area contributed by atoms with Crippen molar-refractivity contribution in [3.05, 3.63) is 102 Å². The van der Waals surface area contributed by atoms with Crippen LogP contribution in [0.3, 0.4) is 0 Å². The van der Waals surface area contributed by atoms with E-state index >= 15 is 0 Å². The molecule has 0 radical (unpaired) electrons. The topological polar surface area (TPSA) is 81.6 Å². The van der Waals surface area contributed by atoms with Gasteiger partial charge in [-0.2, -0.15) is 0 Å². The summed E-state index contributed by atoms with van der Waals surface area (Å²) in [6.07, 6.45) is 14.7. The van der Waals surface area contributed by atoms with Crippen molar-refractivity contribution in [2.24, 2.45) is 5.73 Å². The summed E-state index contributed by atoms with van der Waals surface area (Å²) in [4.78, 5) is 13.2. The zero-order valence-electron chi connectivity index (χ0n) is 21.4. The van der Waals surface area contributed by atoms with Crippen LogP contribution in [0, 0.1) is 0 Å². The van der Waals surface area contributed by atoms with Gasteiger partial charge in [-0.3, -0.25) is 15.0 Å². The summed E-state index contributed by atoms with van der Waals surface area (Å²) < 4.78 is 2.38. The first kappa shape index (κ1) is 25.1. The fourth-order valence-corrected chi connectivity index (χ4v) is 5.17. The molecule has 6 nitrogen and oxygen atoms in total. The molecule has 4 aromatic heterocycles. The van der Waals surface area contributed by atoms with Gasteiger partial charge in [0, 0.05) is 59.9 Å². The molecule has 0 saturated carbocycles. The van der Waals surface area contributed by atoms with Crippen LogP contribution in [0.15, 0.2) is 79.4 Å². The zero-order valence-corrected chi connectivity index (χ0v) is 21.4. The second kappa shape index (κ2) is 12.6. The van der Waals surface area contributed by atoms with Crippen molar-refractivity contribution in [1.82, 2.24) is 24.8 Å². The molecule has 0 unspecified atom stereocenters. The lowest BCUT2D eigenvalue weighted by molar-refractivity contribution is 0.621. The van der Waals surface area contributed by atoms with E-state index in [4.69, 9.17) is 10.7 Å². The lowest BCUT2D eigenvalue weighted by Gasteiger charge is -2.12. The number of nitrogens with zero attached hydrogens (tertiary/aromatic N) is 4. The van der Waals surface area contributed by atoms with E-state index in [9.17, 15) is 0 Å². The number of aryl methyl sites for hydroxylation is 2. The minimum atomic E-state index is 0.746. The molecule has 5 aromatic rings. The molecule has 0 fully saturated rings. The Bertz CT molecular complexity index is 1400. The maximum atomic E-state index is 5.58. The number of hydrogen-bond donors (Lipinski definition) is 2. The van der Waals surface area contributed by atoms with E-state index < -0.39 is 0 Å². The summed E-state index contributed by atoms with van der Waals surface area (Å²) in [6.45, 7) is 3.27. The summed E-state index contributed by atoms with van der Waals surface area (Å²) >= 11 is 0. The third-order valence-corrected chi connectivity index (χ3v) is 7.04. The highest BCUT2D eigenvalue weighted by molar-refractivity contribution is 6.08. The van der Waals surface area contributed by atoms with Crippen LogP contribution < -0.4 is 11.1 Å². The molecular formula is C31H36N6. The van der Waals surface area contributed by atoms with E-state index in [-0.39, 0.29) is 0 Å². The standard InChI is InChI=1S/C22H25N5.C9H11N/c23-10-3-4-11-25-15-20-22-19(9-14-26-20)18-5-1-2-6-21(18)27(22)16-17-7-12-24-13-8-17;1-2-6-9-8(4-1)5-3-7-10-9/h1-2,5-9,12-14,25H,3-4,10-11,15-16,23H2;3,5,7H,1-2,4,6H2. The highest BCUT2D eigenvalue weighted by Crippen LogP contribution is 2.31. The maximum Gasteiger partial charge on any atom is 0.0784 e. The SMILES string of the molecule is NCCCCNCc1nccc2c3ccccc3n(Cc3ccncc3)c12.c1cnc2c(c1)CCCC2. The molecule has 37 heavy (non-hydrogen) atoms. The van der Waals surface area contributed by atoms with Crippen LogP contribution >= 0.6 is 0 Å². The van der Waals surface area contributed by atoms with Gasteiger partial charge in [-0.1, -0.05) is 24.3 Å². The van der Waals surface area contributed by atoms with Crippen LogP contribution in [-0.2, 0) is 25.9 Å². The van der Waals surface area contributed by atoms with E-state index in [0.29, 0.717) is 0 Å². The quantitative estimate of drug-likeness (QED) is 0.283. The first-order chi connectivity index (χ1) is 18.3. The normalized spacial score (nSPS) is 12.8. The summed E-state index contributed by atoms with van der Waals surface area (Å²) in [6, 6.07) is 19.1. The van der Waals surface area contributed by atoms with Gasteiger partial charge in [0.15, 0.2) is 0 Å². The first-order valence-corrected chi connectivity index (χ1v) is 13.4. The Morgan fingerprint density at radius 3 is 2.54 bits per heavy atom. The Kier molecular flexibility index (Phi) is 8.51. The van der Waals surface area contributed by atoms with E-state index in [0.717, 1.165) is 44.7 Å². The summed E-state index contributed by atoms with van der Waals surface area (Å²) in [5.41, 5.74) is 13.1. The third-order valence-electron chi connectivity index (χ3n) is 7.04. The second-order valence-electron chi connectivity index (χ2n) is 9.60. The first-order valence-electron chi connectivity index (χ1n) is 13.4. The molecule has 6 rings (SSSR count). The predicted octanol–water partition coefficient (Wildman–Crippen LogP) is 5.42. The fraction of sp³-hybridized carbons (Fsp3) is 0.323. The number of para-hydroxylation sites is 1. The van der Waals surface area contributed by atoms with Gasteiger partial charge in [-0.25, -0.2) is 0 Å². The average molecular weight is 493 g/mol. The largest absolute Gasteiger partial charge is 0.334 e. The monoisotopic (exact) mass is 492 g/mol. The molecule has 0 saturated heterocycles. The van der Waals surface area contributed by atoms with Gasteiger partial charge in [0.25, 0.3) is 0 Å². The molecular weight excluding hydrogens is 456 g/mol. The molecule has 0 atom stereocenters. The van der Waals surface area contributed by atoms with E-state index in [1.165, 1.54) is 64.3 Å². The van der Waals surface area contributed by atoms with Crippen LogP contribution in [0.4, 0.5) is 0 Å². The number of unbranched alkanes of at least 4 members (excludes halogenated alkanes) is 1. The van der Waals surface area contributed by atoms with Crippen molar-refractivity contribution in [2.75, 3.05) is 13.1 Å². The Balaban J connectivity index is 0.000000233. The Hall–Kier alpha value is -3.61. The molecule has 4 heterocycles. The van der Waals surface area contributed by atoms with Crippen molar-refractivity contribution < 1.29 is 0 Å². The van der Waals surface area contributed by atoms with Crippen LogP contribution in [0.25, 0.3) is 21.8 Å². The van der Waals surface area contributed by atoms with Gasteiger partial charge < -0.3 is 15.6 Å². The number of fused-ring (bicyclic) bond motifs is 4. The van der Waals surface area contributed by atoms with Crippen LogP contribution in [0.2, 0.25) is 0 Å². The Morgan fingerprint density at radius 1 is 0.811 bits per heavy atom. The number of nitrogens with one attached hydrogen (secondary N) is 1. The number of nitrogens with two attached hydrogens (primary N) is 1. The van der Waals surface area contributed by atoms with Crippen molar-refractivity contribution in [3.8, 4) is 0 Å². The lowest BCUT2D eigenvalue weighted by atomic mass is 9.96. The number of aromatic nitrogens is 4. The van der Waals surface area contributed by atoms with Crippen molar-refractivity contribution in [2.45, 2.75) is 51.6 Å². The van der Waals surface area contributed by atoms with Crippen molar-refractivity contribution >= 4 is 21.8 Å². The molecule has 3 N–H and O–H groups in total. The summed E-state index contributed by atoms with van der Waals surface area (Å²) in [5.74, 6) is 0. The van der Waals surface area contributed by atoms with Gasteiger partial charge >= 0.3 is 0 Å². The summed E-state index contributed by atoms with van der Waals surface area (Å²) in [5, 5.41) is 6.05. The average Bonchev–Trinajstić information content (AvgIpc) is 3.28. The van der Waals surface area contributed by atoms with Gasteiger partial charge in [-0.05, 0) is 93.1 Å². The lowest BCUT2D eigenvalue weighted by Crippen LogP contribution is -2.17. The second-order valence-corrected chi connectivity index (χ2v) is 9.60. The van der Waals surface area contributed by atoms with Gasteiger partial charge in [0.1, 0.15) is 0 Å². The van der Waals surface area contributed by atoms with Crippen LogP contribution in [0.1, 0.15) is 48.2 Å².